The van der Waals surface area contributed by atoms with E-state index in [0.29, 0.717) is 13.0 Å². The fraction of sp³-hybridized carbons (Fsp3) is 0.474. The van der Waals surface area contributed by atoms with Gasteiger partial charge in [-0.05, 0) is 55.4 Å². The summed E-state index contributed by atoms with van der Waals surface area (Å²) in [4.78, 5) is 25.0. The van der Waals surface area contributed by atoms with Crippen LogP contribution in [-0.2, 0) is 9.59 Å². The summed E-state index contributed by atoms with van der Waals surface area (Å²) in [5.41, 5.74) is 1.90. The SMILES string of the molecule is COc1ccc(C(C)=CC(=O)N2CCCC(CCC(=O)O)C2)cc1. The van der Waals surface area contributed by atoms with E-state index in [2.05, 4.69) is 0 Å². The van der Waals surface area contributed by atoms with Crippen molar-refractivity contribution in [3.63, 3.8) is 0 Å². The molecule has 1 aliphatic rings. The Bertz CT molecular complexity index is 606. The molecule has 1 amide bonds. The highest BCUT2D eigenvalue weighted by Gasteiger charge is 2.23. The Morgan fingerprint density at radius 2 is 2.04 bits per heavy atom. The lowest BCUT2D eigenvalue weighted by Crippen LogP contribution is -2.39. The molecule has 5 heteroatoms. The third kappa shape index (κ3) is 5.11. The van der Waals surface area contributed by atoms with E-state index in [-0.39, 0.29) is 18.2 Å². The van der Waals surface area contributed by atoms with Crippen LogP contribution in [0.15, 0.2) is 30.3 Å². The van der Waals surface area contributed by atoms with Crippen LogP contribution in [0.3, 0.4) is 0 Å². The van der Waals surface area contributed by atoms with Crippen LogP contribution in [0, 0.1) is 5.92 Å². The maximum absolute atomic E-state index is 12.5. The van der Waals surface area contributed by atoms with E-state index in [1.807, 2.05) is 36.1 Å². The number of benzene rings is 1. The highest BCUT2D eigenvalue weighted by molar-refractivity contribution is 5.95. The average Bonchev–Trinajstić information content (AvgIpc) is 2.60. The predicted octanol–water partition coefficient (Wildman–Crippen LogP) is 3.20. The van der Waals surface area contributed by atoms with Gasteiger partial charge in [-0.25, -0.2) is 0 Å². The fourth-order valence-electron chi connectivity index (χ4n) is 3.04. The van der Waals surface area contributed by atoms with Gasteiger partial charge in [-0.3, -0.25) is 9.59 Å². The molecule has 0 aromatic heterocycles. The Kier molecular flexibility index (Phi) is 6.41. The van der Waals surface area contributed by atoms with E-state index >= 15 is 0 Å². The third-order valence-corrected chi connectivity index (χ3v) is 4.48. The van der Waals surface area contributed by atoms with Gasteiger partial charge in [0.25, 0.3) is 0 Å². The molecule has 0 spiro atoms. The Morgan fingerprint density at radius 3 is 2.67 bits per heavy atom. The molecule has 1 aromatic rings. The molecule has 0 saturated carbocycles. The summed E-state index contributed by atoms with van der Waals surface area (Å²) in [6, 6.07) is 7.62. The monoisotopic (exact) mass is 331 g/mol. The van der Waals surface area contributed by atoms with Crippen molar-refractivity contribution in [2.75, 3.05) is 20.2 Å². The average molecular weight is 331 g/mol. The lowest BCUT2D eigenvalue weighted by molar-refractivity contribution is -0.137. The molecule has 1 heterocycles. The number of carboxylic acids is 1. The number of hydrogen-bond donors (Lipinski definition) is 1. The number of allylic oxidation sites excluding steroid dienone is 1. The van der Waals surface area contributed by atoms with Crippen LogP contribution >= 0.6 is 0 Å². The van der Waals surface area contributed by atoms with Gasteiger partial charge >= 0.3 is 5.97 Å². The zero-order chi connectivity index (χ0) is 17.5. The lowest BCUT2D eigenvalue weighted by atomic mass is 9.93. The Labute approximate surface area is 142 Å². The molecule has 1 saturated heterocycles. The molecule has 1 atom stereocenters. The van der Waals surface area contributed by atoms with Crippen LogP contribution < -0.4 is 4.74 Å². The van der Waals surface area contributed by atoms with Crippen LogP contribution in [0.5, 0.6) is 5.75 Å². The minimum Gasteiger partial charge on any atom is -0.497 e. The number of aliphatic carboxylic acids is 1. The Balaban J connectivity index is 1.97. The predicted molar refractivity (Wildman–Crippen MR) is 92.8 cm³/mol. The molecule has 2 rings (SSSR count). The number of amides is 1. The van der Waals surface area contributed by atoms with Crippen LogP contribution in [0.1, 0.15) is 38.2 Å². The molecule has 1 aromatic carbocycles. The molecule has 1 unspecified atom stereocenters. The molecule has 0 aliphatic carbocycles. The number of ether oxygens (including phenoxy) is 1. The molecule has 5 nitrogen and oxygen atoms in total. The van der Waals surface area contributed by atoms with E-state index in [0.717, 1.165) is 36.3 Å². The Morgan fingerprint density at radius 1 is 1.33 bits per heavy atom. The molecular weight excluding hydrogens is 306 g/mol. The van der Waals surface area contributed by atoms with Crippen LogP contribution in [0.2, 0.25) is 0 Å². The number of carbonyl (C=O) groups is 2. The standard InChI is InChI=1S/C19H25NO4/c1-14(16-6-8-17(24-2)9-7-16)12-18(21)20-11-3-4-15(13-20)5-10-19(22)23/h6-9,12,15H,3-5,10-11,13H2,1-2H3,(H,22,23). The minimum atomic E-state index is -0.770. The van der Waals surface area contributed by atoms with E-state index in [1.165, 1.54) is 0 Å². The van der Waals surface area contributed by atoms with Gasteiger partial charge < -0.3 is 14.7 Å². The number of likely N-dealkylation sites (tertiary alicyclic amines) is 1. The van der Waals surface area contributed by atoms with Gasteiger partial charge in [-0.15, -0.1) is 0 Å². The van der Waals surface area contributed by atoms with Gasteiger partial charge in [0.15, 0.2) is 0 Å². The van der Waals surface area contributed by atoms with Crippen molar-refractivity contribution < 1.29 is 19.4 Å². The fourth-order valence-corrected chi connectivity index (χ4v) is 3.04. The molecule has 0 radical (unpaired) electrons. The van der Waals surface area contributed by atoms with Gasteiger partial charge in [-0.1, -0.05) is 12.1 Å². The van der Waals surface area contributed by atoms with E-state index in [4.69, 9.17) is 9.84 Å². The van der Waals surface area contributed by atoms with Crippen LogP contribution in [0.25, 0.3) is 5.57 Å². The van der Waals surface area contributed by atoms with Gasteiger partial charge in [0, 0.05) is 25.6 Å². The zero-order valence-electron chi connectivity index (χ0n) is 14.3. The number of methoxy groups -OCH3 is 1. The van der Waals surface area contributed by atoms with E-state index in [1.54, 1.807) is 13.2 Å². The van der Waals surface area contributed by atoms with Crippen molar-refractivity contribution in [2.45, 2.75) is 32.6 Å². The summed E-state index contributed by atoms with van der Waals surface area (Å²) in [6.07, 6.45) is 4.42. The molecule has 0 bridgehead atoms. The van der Waals surface area contributed by atoms with Gasteiger partial charge in [0.2, 0.25) is 5.91 Å². The highest BCUT2D eigenvalue weighted by atomic mass is 16.5. The van der Waals surface area contributed by atoms with Crippen LogP contribution in [0.4, 0.5) is 0 Å². The van der Waals surface area contributed by atoms with Crippen molar-refractivity contribution in [3.8, 4) is 5.75 Å². The largest absolute Gasteiger partial charge is 0.497 e. The van der Waals surface area contributed by atoms with Gasteiger partial charge in [0.05, 0.1) is 7.11 Å². The minimum absolute atomic E-state index is 0.00310. The van der Waals surface area contributed by atoms with Gasteiger partial charge in [0.1, 0.15) is 5.75 Å². The third-order valence-electron chi connectivity index (χ3n) is 4.48. The lowest BCUT2D eigenvalue weighted by Gasteiger charge is -2.32. The van der Waals surface area contributed by atoms with Crippen molar-refractivity contribution in [1.82, 2.24) is 4.90 Å². The molecule has 1 fully saturated rings. The molecule has 1 N–H and O–H groups in total. The summed E-state index contributed by atoms with van der Waals surface area (Å²) in [6.45, 7) is 3.32. The number of carboxylic acid groups (broad SMARTS) is 1. The Hall–Kier alpha value is -2.30. The van der Waals surface area contributed by atoms with Crippen molar-refractivity contribution >= 4 is 17.4 Å². The summed E-state index contributed by atoms with van der Waals surface area (Å²) >= 11 is 0. The second kappa shape index (κ2) is 8.52. The van der Waals surface area contributed by atoms with Crippen molar-refractivity contribution in [3.05, 3.63) is 35.9 Å². The molecule has 24 heavy (non-hydrogen) atoms. The van der Waals surface area contributed by atoms with Gasteiger partial charge in [-0.2, -0.15) is 0 Å². The first kappa shape index (κ1) is 18.0. The first-order valence-electron chi connectivity index (χ1n) is 8.33. The number of hydrogen-bond acceptors (Lipinski definition) is 3. The second-order valence-electron chi connectivity index (χ2n) is 6.28. The topological polar surface area (TPSA) is 66.8 Å². The molecule has 130 valence electrons. The smallest absolute Gasteiger partial charge is 0.303 e. The summed E-state index contributed by atoms with van der Waals surface area (Å²) in [5, 5.41) is 8.80. The van der Waals surface area contributed by atoms with E-state index in [9.17, 15) is 9.59 Å². The van der Waals surface area contributed by atoms with Crippen LogP contribution in [-0.4, -0.2) is 42.1 Å². The number of carbonyl (C=O) groups excluding carboxylic acids is 1. The quantitative estimate of drug-likeness (QED) is 0.813. The summed E-state index contributed by atoms with van der Waals surface area (Å²) < 4.78 is 5.14. The molecule has 1 aliphatic heterocycles. The first-order valence-corrected chi connectivity index (χ1v) is 8.33. The van der Waals surface area contributed by atoms with Crippen molar-refractivity contribution in [1.29, 1.82) is 0 Å². The maximum atomic E-state index is 12.5. The number of nitrogens with zero attached hydrogens (tertiary/aromatic N) is 1. The second-order valence-corrected chi connectivity index (χ2v) is 6.28. The maximum Gasteiger partial charge on any atom is 0.303 e. The zero-order valence-corrected chi connectivity index (χ0v) is 14.3. The number of rotatable bonds is 6. The summed E-state index contributed by atoms with van der Waals surface area (Å²) in [7, 11) is 1.62. The van der Waals surface area contributed by atoms with Crippen molar-refractivity contribution in [2.24, 2.45) is 5.92 Å². The normalized spacial score (nSPS) is 18.3. The number of piperidine rings is 1. The summed E-state index contributed by atoms with van der Waals surface area (Å²) in [5.74, 6) is 0.306. The van der Waals surface area contributed by atoms with E-state index < -0.39 is 5.97 Å². The molecular formula is C19H25NO4. The highest BCUT2D eigenvalue weighted by Crippen LogP contribution is 2.23. The first-order chi connectivity index (χ1) is 11.5.